The van der Waals surface area contributed by atoms with E-state index in [4.69, 9.17) is 27.6 Å². The molecule has 136 valence electrons. The molecule has 27 heavy (non-hydrogen) atoms. The zero-order valence-electron chi connectivity index (χ0n) is 14.0. The molecular weight excluding hydrogens is 387 g/mol. The van der Waals surface area contributed by atoms with Crippen LogP contribution in [0.15, 0.2) is 52.0 Å². The van der Waals surface area contributed by atoms with Gasteiger partial charge in [0.1, 0.15) is 11.5 Å². The van der Waals surface area contributed by atoms with E-state index in [-0.39, 0.29) is 35.5 Å². The van der Waals surface area contributed by atoms with Gasteiger partial charge in [-0.15, -0.1) is 0 Å². The fraction of sp³-hybridized carbons (Fsp3) is 0.250. The molecule has 0 unspecified atom stereocenters. The first-order valence-electron chi connectivity index (χ1n) is 8.68. The average molecular weight is 401 g/mol. The number of amides is 2. The molecule has 5 nitrogen and oxygen atoms in total. The summed E-state index contributed by atoms with van der Waals surface area (Å²) in [7, 11) is 0. The third-order valence-electron chi connectivity index (χ3n) is 5.57. The van der Waals surface area contributed by atoms with E-state index in [0.717, 1.165) is 11.4 Å². The Morgan fingerprint density at radius 2 is 1.74 bits per heavy atom. The molecule has 1 aromatic carbocycles. The van der Waals surface area contributed by atoms with Gasteiger partial charge in [0.25, 0.3) is 11.8 Å². The number of allylic oxidation sites excluding steroid dienone is 2. The van der Waals surface area contributed by atoms with Crippen molar-refractivity contribution < 1.29 is 14.0 Å². The number of hydrogen-bond acceptors (Lipinski definition) is 4. The highest BCUT2D eigenvalue weighted by molar-refractivity contribution is 6.35. The number of rotatable bonds is 3. The van der Waals surface area contributed by atoms with E-state index in [1.165, 1.54) is 6.21 Å². The van der Waals surface area contributed by atoms with Gasteiger partial charge in [-0.05, 0) is 48.6 Å². The number of benzene rings is 1. The molecule has 5 rings (SSSR count). The number of imide groups is 1. The summed E-state index contributed by atoms with van der Waals surface area (Å²) in [4.78, 5) is 25.2. The van der Waals surface area contributed by atoms with Gasteiger partial charge >= 0.3 is 0 Å². The summed E-state index contributed by atoms with van der Waals surface area (Å²) in [5, 5.41) is 6.16. The predicted molar refractivity (Wildman–Crippen MR) is 101 cm³/mol. The standard InChI is InChI=1S/C20H14Cl2N2O3/c21-12-3-5-15(22)14(8-12)16-6-4-13(27-16)9-23-24-19(25)17-10-1-2-11(7-10)18(17)20(24)26/h1-6,8-11,17-18H,7H2/b23-9-/t10-,11-,17-,18-/m0/s1. The summed E-state index contributed by atoms with van der Waals surface area (Å²) >= 11 is 12.2. The van der Waals surface area contributed by atoms with E-state index in [0.29, 0.717) is 27.1 Å². The number of carbonyl (C=O) groups excluding carboxylic acids is 2. The molecule has 7 heteroatoms. The number of hydrazone groups is 1. The average Bonchev–Trinajstić information content (AvgIpc) is 3.41. The molecule has 0 N–H and O–H groups in total. The maximum absolute atomic E-state index is 12.6. The smallest absolute Gasteiger partial charge is 0.254 e. The van der Waals surface area contributed by atoms with Crippen LogP contribution in [-0.4, -0.2) is 23.0 Å². The largest absolute Gasteiger partial charge is 0.455 e. The normalized spacial score (nSPS) is 28.7. The Morgan fingerprint density at radius 1 is 1.04 bits per heavy atom. The summed E-state index contributed by atoms with van der Waals surface area (Å²) < 4.78 is 5.73. The van der Waals surface area contributed by atoms with Crippen LogP contribution >= 0.6 is 23.2 Å². The van der Waals surface area contributed by atoms with Crippen molar-refractivity contribution in [1.82, 2.24) is 5.01 Å². The van der Waals surface area contributed by atoms with Gasteiger partial charge in [-0.25, -0.2) is 0 Å². The minimum Gasteiger partial charge on any atom is -0.455 e. The molecule has 1 saturated heterocycles. The lowest BCUT2D eigenvalue weighted by molar-refractivity contribution is -0.140. The van der Waals surface area contributed by atoms with Crippen LogP contribution < -0.4 is 0 Å². The Kier molecular flexibility index (Phi) is 3.78. The topological polar surface area (TPSA) is 62.9 Å². The Bertz CT molecular complexity index is 996. The van der Waals surface area contributed by atoms with Gasteiger partial charge in [0, 0.05) is 10.6 Å². The fourth-order valence-corrected chi connectivity index (χ4v) is 4.75. The molecule has 2 amide bonds. The first-order chi connectivity index (χ1) is 13.0. The van der Waals surface area contributed by atoms with Gasteiger partial charge in [0.05, 0.1) is 23.1 Å². The monoisotopic (exact) mass is 400 g/mol. The molecule has 1 aliphatic heterocycles. The molecular formula is C20H14Cl2N2O3. The van der Waals surface area contributed by atoms with E-state index >= 15 is 0 Å². The van der Waals surface area contributed by atoms with Gasteiger partial charge < -0.3 is 4.42 Å². The van der Waals surface area contributed by atoms with E-state index in [2.05, 4.69) is 17.3 Å². The summed E-state index contributed by atoms with van der Waals surface area (Å²) in [5.41, 5.74) is 0.661. The second-order valence-corrected chi connectivity index (χ2v) is 7.90. The van der Waals surface area contributed by atoms with E-state index in [1.807, 2.05) is 0 Å². The minimum atomic E-state index is -0.262. The van der Waals surface area contributed by atoms with Crippen LogP contribution in [0.25, 0.3) is 11.3 Å². The lowest BCUT2D eigenvalue weighted by Gasteiger charge is -2.13. The summed E-state index contributed by atoms with van der Waals surface area (Å²) in [6.07, 6.45) is 6.38. The van der Waals surface area contributed by atoms with Crippen molar-refractivity contribution in [2.24, 2.45) is 28.8 Å². The van der Waals surface area contributed by atoms with Gasteiger partial charge in [0.2, 0.25) is 0 Å². The van der Waals surface area contributed by atoms with Crippen molar-refractivity contribution in [3.8, 4) is 11.3 Å². The number of hydrogen-bond donors (Lipinski definition) is 0. The molecule has 2 aliphatic carbocycles. The van der Waals surface area contributed by atoms with Crippen molar-refractivity contribution in [3.05, 3.63) is 58.3 Å². The molecule has 0 spiro atoms. The van der Waals surface area contributed by atoms with Crippen molar-refractivity contribution in [3.63, 3.8) is 0 Å². The number of halogens is 2. The molecule has 2 fully saturated rings. The number of furan rings is 1. The quantitative estimate of drug-likeness (QED) is 0.435. The van der Waals surface area contributed by atoms with Gasteiger partial charge in [-0.1, -0.05) is 35.4 Å². The SMILES string of the molecule is O=C1[C@@H]2[C@@H](C(=O)N1/N=C\c1ccc(-c3cc(Cl)ccc3Cl)o1)[C@H]1C=C[C@H]2C1. The summed E-state index contributed by atoms with van der Waals surface area (Å²) in [6.45, 7) is 0. The molecule has 2 heterocycles. The minimum absolute atomic E-state index is 0.164. The van der Waals surface area contributed by atoms with Crippen molar-refractivity contribution in [1.29, 1.82) is 0 Å². The number of fused-ring (bicyclic) bond motifs is 5. The first kappa shape index (κ1) is 16.8. The van der Waals surface area contributed by atoms with Crippen molar-refractivity contribution in [2.75, 3.05) is 0 Å². The number of nitrogens with zero attached hydrogens (tertiary/aromatic N) is 2. The Labute approximate surface area is 165 Å². The molecule has 1 aromatic heterocycles. The second kappa shape index (κ2) is 6.08. The molecule has 2 aromatic rings. The van der Waals surface area contributed by atoms with Crippen molar-refractivity contribution >= 4 is 41.2 Å². The zero-order valence-corrected chi connectivity index (χ0v) is 15.5. The number of carbonyl (C=O) groups is 2. The third kappa shape index (κ3) is 2.57. The molecule has 2 bridgehead atoms. The van der Waals surface area contributed by atoms with Crippen LogP contribution in [-0.2, 0) is 9.59 Å². The van der Waals surface area contributed by atoms with Crippen molar-refractivity contribution in [2.45, 2.75) is 6.42 Å². The lowest BCUT2D eigenvalue weighted by Crippen LogP contribution is -2.28. The van der Waals surface area contributed by atoms with Crippen LogP contribution in [0.5, 0.6) is 0 Å². The maximum Gasteiger partial charge on any atom is 0.254 e. The summed E-state index contributed by atoms with van der Waals surface area (Å²) in [5.74, 6) is 0.310. The van der Waals surface area contributed by atoms with Crippen LogP contribution in [0.2, 0.25) is 10.0 Å². The second-order valence-electron chi connectivity index (χ2n) is 7.06. The molecule has 0 radical (unpaired) electrons. The van der Waals surface area contributed by atoms with E-state index < -0.39 is 0 Å². The molecule has 4 atom stereocenters. The highest BCUT2D eigenvalue weighted by atomic mass is 35.5. The molecule has 3 aliphatic rings. The highest BCUT2D eigenvalue weighted by Crippen LogP contribution is 2.52. The Morgan fingerprint density at radius 3 is 2.44 bits per heavy atom. The van der Waals surface area contributed by atoms with Crippen LogP contribution in [0.3, 0.4) is 0 Å². The lowest BCUT2D eigenvalue weighted by atomic mass is 9.85. The van der Waals surface area contributed by atoms with Gasteiger partial charge in [-0.2, -0.15) is 10.1 Å². The first-order valence-corrected chi connectivity index (χ1v) is 9.44. The van der Waals surface area contributed by atoms with Crippen LogP contribution in [0, 0.1) is 23.7 Å². The predicted octanol–water partition coefficient (Wildman–Crippen LogP) is 4.39. The maximum atomic E-state index is 12.6. The zero-order chi connectivity index (χ0) is 18.7. The third-order valence-corrected chi connectivity index (χ3v) is 6.13. The molecule has 1 saturated carbocycles. The van der Waals surface area contributed by atoms with E-state index in [9.17, 15) is 9.59 Å². The van der Waals surface area contributed by atoms with E-state index in [1.54, 1.807) is 30.3 Å². The van der Waals surface area contributed by atoms with Crippen LogP contribution in [0.4, 0.5) is 0 Å². The van der Waals surface area contributed by atoms with Crippen LogP contribution in [0.1, 0.15) is 12.2 Å². The fourth-order valence-electron chi connectivity index (χ4n) is 4.37. The van der Waals surface area contributed by atoms with Gasteiger partial charge in [-0.3, -0.25) is 9.59 Å². The Balaban J connectivity index is 1.38. The highest BCUT2D eigenvalue weighted by Gasteiger charge is 2.59. The Hall–Kier alpha value is -2.37. The van der Waals surface area contributed by atoms with Gasteiger partial charge in [0.15, 0.2) is 0 Å². The summed E-state index contributed by atoms with van der Waals surface area (Å²) in [6, 6.07) is 8.54.